The van der Waals surface area contributed by atoms with Crippen LogP contribution >= 0.6 is 0 Å². The van der Waals surface area contributed by atoms with E-state index in [2.05, 4.69) is 0 Å². The molecule has 3 aromatic carbocycles. The zero-order chi connectivity index (χ0) is 18.5. The minimum Gasteiger partial charge on any atom is -0.497 e. The van der Waals surface area contributed by atoms with E-state index < -0.39 is 10.9 Å². The second-order valence-electron chi connectivity index (χ2n) is 5.39. The second-order valence-corrected chi connectivity index (χ2v) is 5.39. The molecule has 0 aliphatic heterocycles. The maximum absolute atomic E-state index is 12.0. The number of benzene rings is 3. The van der Waals surface area contributed by atoms with E-state index in [0.29, 0.717) is 11.5 Å². The molecule has 0 radical (unpaired) electrons. The molecule has 0 aliphatic carbocycles. The van der Waals surface area contributed by atoms with Crippen LogP contribution in [0.5, 0.6) is 17.2 Å². The van der Waals surface area contributed by atoms with Crippen molar-refractivity contribution < 1.29 is 23.9 Å². The first-order valence-corrected chi connectivity index (χ1v) is 7.71. The minimum atomic E-state index is -0.612. The molecule has 0 aliphatic rings. The number of carbonyl (C=O) groups is 1. The first-order chi connectivity index (χ1) is 12.5. The molecule has 0 N–H and O–H groups in total. The maximum atomic E-state index is 12.0. The number of fused-ring (bicyclic) bond motifs is 1. The molecule has 0 bridgehead atoms. The van der Waals surface area contributed by atoms with Crippen molar-refractivity contribution in [2.45, 2.75) is 0 Å². The van der Waals surface area contributed by atoms with E-state index in [0.717, 1.165) is 10.8 Å². The molecule has 0 aromatic heterocycles. The third-order valence-corrected chi connectivity index (χ3v) is 3.64. The van der Waals surface area contributed by atoms with E-state index >= 15 is 0 Å². The summed E-state index contributed by atoms with van der Waals surface area (Å²) in [6, 6.07) is 16.4. The van der Waals surface area contributed by atoms with Gasteiger partial charge in [0.2, 0.25) is 0 Å². The van der Waals surface area contributed by atoms with Gasteiger partial charge in [-0.3, -0.25) is 10.1 Å². The van der Waals surface area contributed by atoms with Gasteiger partial charge < -0.3 is 14.2 Å². The fourth-order valence-electron chi connectivity index (χ4n) is 2.38. The lowest BCUT2D eigenvalue weighted by Crippen LogP contribution is -2.17. The van der Waals surface area contributed by atoms with Crippen LogP contribution in [0.2, 0.25) is 0 Å². The van der Waals surface area contributed by atoms with Crippen molar-refractivity contribution in [2.75, 3.05) is 13.7 Å². The van der Waals surface area contributed by atoms with Gasteiger partial charge in [-0.25, -0.2) is 4.79 Å². The Bertz CT molecular complexity index is 969. The van der Waals surface area contributed by atoms with Gasteiger partial charge in [-0.1, -0.05) is 18.2 Å². The number of ether oxygens (including phenoxy) is 3. The van der Waals surface area contributed by atoms with Crippen molar-refractivity contribution in [3.8, 4) is 17.2 Å². The number of non-ortho nitro benzene ring substituents is 1. The molecule has 0 spiro atoms. The number of esters is 1. The Kier molecular flexibility index (Phi) is 4.98. The SMILES string of the molecule is COc1ccc2ccc(OC(=O)COc3cccc([N+](=O)[O-])c3)cc2c1. The van der Waals surface area contributed by atoms with E-state index in [9.17, 15) is 14.9 Å². The number of rotatable bonds is 6. The van der Waals surface area contributed by atoms with E-state index in [1.54, 1.807) is 19.2 Å². The fraction of sp³-hybridized carbons (Fsp3) is 0.105. The van der Waals surface area contributed by atoms with Crippen LogP contribution in [-0.2, 0) is 4.79 Å². The number of carbonyl (C=O) groups excluding carboxylic acids is 1. The molecule has 26 heavy (non-hydrogen) atoms. The Morgan fingerprint density at radius 3 is 2.42 bits per heavy atom. The Labute approximate surface area is 148 Å². The van der Waals surface area contributed by atoms with Crippen LogP contribution in [0.15, 0.2) is 60.7 Å². The van der Waals surface area contributed by atoms with Crippen molar-refractivity contribution in [3.05, 3.63) is 70.8 Å². The predicted octanol–water partition coefficient (Wildman–Crippen LogP) is 3.74. The van der Waals surface area contributed by atoms with E-state index in [1.807, 2.05) is 24.3 Å². The summed E-state index contributed by atoms with van der Waals surface area (Å²) < 4.78 is 15.7. The number of hydrogen-bond acceptors (Lipinski definition) is 6. The Morgan fingerprint density at radius 1 is 0.962 bits per heavy atom. The van der Waals surface area contributed by atoms with Gasteiger partial charge in [0.1, 0.15) is 17.2 Å². The lowest BCUT2D eigenvalue weighted by Gasteiger charge is -2.08. The largest absolute Gasteiger partial charge is 0.497 e. The summed E-state index contributed by atoms with van der Waals surface area (Å²) in [6.07, 6.45) is 0. The van der Waals surface area contributed by atoms with Crippen molar-refractivity contribution in [1.29, 1.82) is 0 Å². The van der Waals surface area contributed by atoms with Crippen molar-refractivity contribution >= 4 is 22.4 Å². The summed E-state index contributed by atoms with van der Waals surface area (Å²) in [5.41, 5.74) is -0.112. The highest BCUT2D eigenvalue weighted by molar-refractivity contribution is 5.86. The molecule has 0 fully saturated rings. The van der Waals surface area contributed by atoms with Crippen LogP contribution in [0.4, 0.5) is 5.69 Å². The molecule has 0 heterocycles. The minimum absolute atomic E-state index is 0.112. The zero-order valence-corrected chi connectivity index (χ0v) is 13.9. The molecule has 3 aromatic rings. The Hall–Kier alpha value is -3.61. The molecule has 0 atom stereocenters. The molecule has 7 heteroatoms. The predicted molar refractivity (Wildman–Crippen MR) is 94.7 cm³/mol. The topological polar surface area (TPSA) is 87.9 Å². The number of hydrogen-bond donors (Lipinski definition) is 0. The van der Waals surface area contributed by atoms with Gasteiger partial charge >= 0.3 is 5.97 Å². The molecule has 7 nitrogen and oxygen atoms in total. The fourth-order valence-corrected chi connectivity index (χ4v) is 2.38. The van der Waals surface area contributed by atoms with E-state index in [-0.39, 0.29) is 18.0 Å². The quantitative estimate of drug-likeness (QED) is 0.290. The number of nitrogens with zero attached hydrogens (tertiary/aromatic N) is 1. The average Bonchev–Trinajstić information content (AvgIpc) is 2.66. The highest BCUT2D eigenvalue weighted by atomic mass is 16.6. The lowest BCUT2D eigenvalue weighted by molar-refractivity contribution is -0.384. The first-order valence-electron chi connectivity index (χ1n) is 7.71. The molecule has 0 saturated carbocycles. The van der Waals surface area contributed by atoms with Crippen LogP contribution in [0.25, 0.3) is 10.8 Å². The van der Waals surface area contributed by atoms with Crippen molar-refractivity contribution in [2.24, 2.45) is 0 Å². The lowest BCUT2D eigenvalue weighted by atomic mass is 10.1. The number of methoxy groups -OCH3 is 1. The summed E-state index contributed by atoms with van der Waals surface area (Å²) in [6.45, 7) is -0.364. The van der Waals surface area contributed by atoms with E-state index in [4.69, 9.17) is 14.2 Å². The summed E-state index contributed by atoms with van der Waals surface area (Å²) in [7, 11) is 1.58. The monoisotopic (exact) mass is 353 g/mol. The highest BCUT2D eigenvalue weighted by Crippen LogP contribution is 2.25. The van der Waals surface area contributed by atoms with Crippen LogP contribution < -0.4 is 14.2 Å². The maximum Gasteiger partial charge on any atom is 0.349 e. The van der Waals surface area contributed by atoms with Crippen LogP contribution in [0.1, 0.15) is 0 Å². The Balaban J connectivity index is 1.65. The molecular weight excluding hydrogens is 338 g/mol. The second kappa shape index (κ2) is 7.52. The van der Waals surface area contributed by atoms with Gasteiger partial charge in [0.15, 0.2) is 6.61 Å². The summed E-state index contributed by atoms with van der Waals surface area (Å²) in [5, 5.41) is 12.6. The third-order valence-electron chi connectivity index (χ3n) is 3.64. The number of nitro groups is 1. The standard InChI is InChI=1S/C19H15NO6/c1-24-16-7-5-13-6-8-18(10-14(13)9-16)26-19(21)12-25-17-4-2-3-15(11-17)20(22)23/h2-11H,12H2,1H3. The Morgan fingerprint density at radius 2 is 1.69 bits per heavy atom. The normalized spacial score (nSPS) is 10.3. The highest BCUT2D eigenvalue weighted by Gasteiger charge is 2.10. The molecular formula is C19H15NO6. The molecule has 132 valence electrons. The van der Waals surface area contributed by atoms with Crippen LogP contribution in [-0.4, -0.2) is 24.6 Å². The molecule has 0 unspecified atom stereocenters. The van der Waals surface area contributed by atoms with Gasteiger partial charge in [-0.2, -0.15) is 0 Å². The van der Waals surface area contributed by atoms with Crippen LogP contribution in [0.3, 0.4) is 0 Å². The average molecular weight is 353 g/mol. The van der Waals surface area contributed by atoms with Crippen molar-refractivity contribution in [1.82, 2.24) is 0 Å². The van der Waals surface area contributed by atoms with E-state index in [1.165, 1.54) is 24.3 Å². The van der Waals surface area contributed by atoms with Crippen molar-refractivity contribution in [3.63, 3.8) is 0 Å². The van der Waals surface area contributed by atoms with Crippen LogP contribution in [0, 0.1) is 10.1 Å². The van der Waals surface area contributed by atoms with Gasteiger partial charge in [0.25, 0.3) is 5.69 Å². The van der Waals surface area contributed by atoms with Gasteiger partial charge in [0.05, 0.1) is 18.1 Å². The van der Waals surface area contributed by atoms with Gasteiger partial charge in [0, 0.05) is 6.07 Å². The van der Waals surface area contributed by atoms with Gasteiger partial charge in [-0.05, 0) is 41.1 Å². The molecule has 0 amide bonds. The first kappa shape index (κ1) is 17.2. The molecule has 3 rings (SSSR count). The summed E-state index contributed by atoms with van der Waals surface area (Å²) >= 11 is 0. The van der Waals surface area contributed by atoms with Gasteiger partial charge in [-0.15, -0.1) is 0 Å². The summed E-state index contributed by atoms with van der Waals surface area (Å²) in [5.74, 6) is 0.687. The summed E-state index contributed by atoms with van der Waals surface area (Å²) in [4.78, 5) is 22.2. The zero-order valence-electron chi connectivity index (χ0n) is 13.9. The molecule has 0 saturated heterocycles. The smallest absolute Gasteiger partial charge is 0.349 e. The number of nitro benzene ring substituents is 1. The third kappa shape index (κ3) is 4.07.